The van der Waals surface area contributed by atoms with Gasteiger partial charge in [-0.15, -0.1) is 0 Å². The van der Waals surface area contributed by atoms with E-state index in [0.29, 0.717) is 22.5 Å². The minimum Gasteiger partial charge on any atom is -0.395 e. The van der Waals surface area contributed by atoms with Crippen molar-refractivity contribution >= 4 is 27.5 Å². The molecule has 1 aromatic heterocycles. The Morgan fingerprint density at radius 1 is 1.77 bits per heavy atom. The minimum atomic E-state index is -0.158. The number of rotatable bonds is 0. The SMILES string of the molecule is C[C@@H]1Cn2nc(Br)c(N)c2C(=O)N1. The molecular formula is C7H9BrN4O. The van der Waals surface area contributed by atoms with Crippen molar-refractivity contribution in [2.75, 3.05) is 5.73 Å². The lowest BCUT2D eigenvalue weighted by Gasteiger charge is -2.20. The Hall–Kier alpha value is -1.04. The topological polar surface area (TPSA) is 72.9 Å². The van der Waals surface area contributed by atoms with Crippen molar-refractivity contribution in [3.63, 3.8) is 0 Å². The Balaban J connectivity index is 2.55. The van der Waals surface area contributed by atoms with Gasteiger partial charge in [0, 0.05) is 6.04 Å². The quantitative estimate of drug-likeness (QED) is 0.693. The zero-order valence-electron chi connectivity index (χ0n) is 7.04. The van der Waals surface area contributed by atoms with Crippen molar-refractivity contribution in [2.45, 2.75) is 19.5 Å². The van der Waals surface area contributed by atoms with Crippen LogP contribution in [0.4, 0.5) is 5.69 Å². The Bertz CT molecular complexity index is 373. The highest BCUT2D eigenvalue weighted by Crippen LogP contribution is 2.24. The predicted molar refractivity (Wildman–Crippen MR) is 51.3 cm³/mol. The normalized spacial score (nSPS) is 21.1. The third-order valence-electron chi connectivity index (χ3n) is 1.98. The number of nitrogen functional groups attached to an aromatic ring is 1. The van der Waals surface area contributed by atoms with Crippen LogP contribution in [0.15, 0.2) is 4.60 Å². The fourth-order valence-corrected chi connectivity index (χ4v) is 1.79. The molecule has 0 aromatic carbocycles. The Kier molecular flexibility index (Phi) is 1.80. The molecule has 1 aromatic rings. The highest BCUT2D eigenvalue weighted by Gasteiger charge is 2.26. The molecule has 0 unspecified atom stereocenters. The summed E-state index contributed by atoms with van der Waals surface area (Å²) in [6.45, 7) is 2.59. The lowest BCUT2D eigenvalue weighted by atomic mass is 10.2. The van der Waals surface area contributed by atoms with Crippen molar-refractivity contribution in [1.82, 2.24) is 15.1 Å². The maximum Gasteiger partial charge on any atom is 0.272 e. The van der Waals surface area contributed by atoms with Gasteiger partial charge >= 0.3 is 0 Å². The molecule has 6 heteroatoms. The first-order valence-corrected chi connectivity index (χ1v) is 4.71. The number of fused-ring (bicyclic) bond motifs is 1. The van der Waals surface area contributed by atoms with E-state index < -0.39 is 0 Å². The van der Waals surface area contributed by atoms with E-state index in [4.69, 9.17) is 5.73 Å². The van der Waals surface area contributed by atoms with Crippen LogP contribution < -0.4 is 11.1 Å². The highest BCUT2D eigenvalue weighted by atomic mass is 79.9. The molecule has 13 heavy (non-hydrogen) atoms. The molecule has 0 bridgehead atoms. The van der Waals surface area contributed by atoms with Gasteiger partial charge in [0.25, 0.3) is 5.91 Å². The molecule has 1 atom stereocenters. The maximum absolute atomic E-state index is 11.5. The van der Waals surface area contributed by atoms with E-state index in [1.54, 1.807) is 4.68 Å². The third kappa shape index (κ3) is 1.21. The molecule has 1 aliphatic heterocycles. The number of aromatic nitrogens is 2. The third-order valence-corrected chi connectivity index (χ3v) is 2.57. The number of halogens is 1. The summed E-state index contributed by atoms with van der Waals surface area (Å²) in [6, 6.07) is 0.103. The van der Waals surface area contributed by atoms with Crippen molar-refractivity contribution < 1.29 is 4.79 Å². The van der Waals surface area contributed by atoms with Crippen LogP contribution in [0.3, 0.4) is 0 Å². The van der Waals surface area contributed by atoms with Crippen molar-refractivity contribution in [3.05, 3.63) is 10.3 Å². The summed E-state index contributed by atoms with van der Waals surface area (Å²) >= 11 is 3.19. The molecule has 2 rings (SSSR count). The van der Waals surface area contributed by atoms with E-state index >= 15 is 0 Å². The van der Waals surface area contributed by atoms with E-state index in [1.165, 1.54) is 0 Å². The number of nitrogens with one attached hydrogen (secondary N) is 1. The molecule has 0 spiro atoms. The van der Waals surface area contributed by atoms with Gasteiger partial charge in [0.2, 0.25) is 0 Å². The van der Waals surface area contributed by atoms with Crippen LogP contribution in [-0.4, -0.2) is 21.7 Å². The van der Waals surface area contributed by atoms with E-state index in [9.17, 15) is 4.79 Å². The second-order valence-electron chi connectivity index (χ2n) is 3.11. The van der Waals surface area contributed by atoms with Crippen LogP contribution in [0.2, 0.25) is 0 Å². The van der Waals surface area contributed by atoms with Gasteiger partial charge in [-0.25, -0.2) is 0 Å². The molecular weight excluding hydrogens is 236 g/mol. The van der Waals surface area contributed by atoms with Crippen LogP contribution in [0.5, 0.6) is 0 Å². The highest BCUT2D eigenvalue weighted by molar-refractivity contribution is 9.10. The second-order valence-corrected chi connectivity index (χ2v) is 3.86. The minimum absolute atomic E-state index is 0.103. The molecule has 1 aliphatic rings. The maximum atomic E-state index is 11.5. The summed E-state index contributed by atoms with van der Waals surface area (Å²) in [6.07, 6.45) is 0. The molecule has 2 heterocycles. The summed E-state index contributed by atoms with van der Waals surface area (Å²) < 4.78 is 2.16. The van der Waals surface area contributed by atoms with Gasteiger partial charge in [-0.3, -0.25) is 9.48 Å². The van der Waals surface area contributed by atoms with Crippen LogP contribution in [0.25, 0.3) is 0 Å². The molecule has 0 fully saturated rings. The number of nitrogens with two attached hydrogens (primary N) is 1. The zero-order chi connectivity index (χ0) is 9.59. The average Bonchev–Trinajstić information content (AvgIpc) is 2.27. The van der Waals surface area contributed by atoms with E-state index in [-0.39, 0.29) is 11.9 Å². The first-order chi connectivity index (χ1) is 6.09. The first kappa shape index (κ1) is 8.55. The Morgan fingerprint density at radius 3 is 3.15 bits per heavy atom. The molecule has 0 aliphatic carbocycles. The number of anilines is 1. The Morgan fingerprint density at radius 2 is 2.46 bits per heavy atom. The van der Waals surface area contributed by atoms with Crippen molar-refractivity contribution in [3.8, 4) is 0 Å². The number of carbonyl (C=O) groups excluding carboxylic acids is 1. The number of hydrogen-bond donors (Lipinski definition) is 2. The number of carbonyl (C=O) groups is 1. The van der Waals surface area contributed by atoms with Crippen LogP contribution >= 0.6 is 15.9 Å². The smallest absolute Gasteiger partial charge is 0.272 e. The summed E-state index contributed by atoms with van der Waals surface area (Å²) in [5, 5.41) is 6.89. The predicted octanol–water partition coefficient (Wildman–Crippen LogP) is 0.360. The largest absolute Gasteiger partial charge is 0.395 e. The average molecular weight is 245 g/mol. The monoisotopic (exact) mass is 244 g/mol. The summed E-state index contributed by atoms with van der Waals surface area (Å²) in [5.41, 5.74) is 6.52. The van der Waals surface area contributed by atoms with E-state index in [0.717, 1.165) is 0 Å². The number of hydrogen-bond acceptors (Lipinski definition) is 3. The van der Waals surface area contributed by atoms with Gasteiger partial charge in [-0.2, -0.15) is 5.10 Å². The first-order valence-electron chi connectivity index (χ1n) is 3.92. The molecule has 5 nitrogen and oxygen atoms in total. The number of nitrogens with zero attached hydrogens (tertiary/aromatic N) is 2. The van der Waals surface area contributed by atoms with Crippen LogP contribution in [-0.2, 0) is 6.54 Å². The summed E-state index contributed by atoms with van der Waals surface area (Å²) in [5.74, 6) is -0.158. The number of amides is 1. The summed E-state index contributed by atoms with van der Waals surface area (Å²) in [4.78, 5) is 11.5. The second kappa shape index (κ2) is 2.73. The van der Waals surface area contributed by atoms with Gasteiger partial charge in [-0.1, -0.05) is 0 Å². The van der Waals surface area contributed by atoms with Gasteiger partial charge < -0.3 is 11.1 Å². The molecule has 3 N–H and O–H groups in total. The zero-order valence-corrected chi connectivity index (χ0v) is 8.63. The van der Waals surface area contributed by atoms with E-state index in [1.807, 2.05) is 6.92 Å². The van der Waals surface area contributed by atoms with Crippen molar-refractivity contribution in [1.29, 1.82) is 0 Å². The fraction of sp³-hybridized carbons (Fsp3) is 0.429. The standard InChI is InChI=1S/C7H9BrN4O/c1-3-2-12-5(7(13)10-3)4(9)6(8)11-12/h3H,2,9H2,1H3,(H,10,13)/t3-/m1/s1. The molecule has 0 saturated carbocycles. The molecule has 70 valence electrons. The van der Waals surface area contributed by atoms with E-state index in [2.05, 4.69) is 26.3 Å². The molecule has 0 radical (unpaired) electrons. The van der Waals surface area contributed by atoms with Crippen molar-refractivity contribution in [2.24, 2.45) is 0 Å². The molecule has 0 saturated heterocycles. The van der Waals surface area contributed by atoms with Gasteiger partial charge in [0.1, 0.15) is 5.69 Å². The lowest BCUT2D eigenvalue weighted by molar-refractivity contribution is 0.0902. The fourth-order valence-electron chi connectivity index (χ4n) is 1.42. The van der Waals surface area contributed by atoms with Crippen LogP contribution in [0.1, 0.15) is 17.4 Å². The lowest BCUT2D eigenvalue weighted by Crippen LogP contribution is -2.42. The Labute approximate surface area is 83.4 Å². The van der Waals surface area contributed by atoms with Gasteiger partial charge in [0.05, 0.1) is 12.2 Å². The van der Waals surface area contributed by atoms with Gasteiger partial charge in [-0.05, 0) is 22.9 Å². The molecule has 1 amide bonds. The van der Waals surface area contributed by atoms with Gasteiger partial charge in [0.15, 0.2) is 4.60 Å². The van der Waals surface area contributed by atoms with Crippen LogP contribution in [0, 0.1) is 0 Å². The summed E-state index contributed by atoms with van der Waals surface area (Å²) in [7, 11) is 0.